The highest BCUT2D eigenvalue weighted by Gasteiger charge is 2.24. The van der Waals surface area contributed by atoms with E-state index in [1.807, 2.05) is 0 Å². The Bertz CT molecular complexity index is 649. The van der Waals surface area contributed by atoms with Crippen LogP contribution in [0.25, 0.3) is 5.65 Å². The highest BCUT2D eigenvalue weighted by Crippen LogP contribution is 2.35. The molecule has 1 aliphatic carbocycles. The van der Waals surface area contributed by atoms with E-state index in [1.54, 1.807) is 10.6 Å². The Morgan fingerprint density at radius 3 is 2.67 bits per heavy atom. The summed E-state index contributed by atoms with van der Waals surface area (Å²) >= 11 is 0. The molecule has 0 bridgehead atoms. The highest BCUT2D eigenvalue weighted by molar-refractivity contribution is 5.42. The van der Waals surface area contributed by atoms with E-state index in [4.69, 9.17) is 0 Å². The molecule has 18 heavy (non-hydrogen) atoms. The first-order chi connectivity index (χ1) is 8.81. The summed E-state index contributed by atoms with van der Waals surface area (Å²) in [4.78, 5) is 16.6. The van der Waals surface area contributed by atoms with Crippen LogP contribution >= 0.6 is 0 Å². The molecule has 5 heteroatoms. The van der Waals surface area contributed by atoms with Gasteiger partial charge in [-0.3, -0.25) is 9.89 Å². The third-order valence-corrected chi connectivity index (χ3v) is 4.24. The lowest BCUT2D eigenvalue weighted by molar-refractivity contribution is 0.419. The quantitative estimate of drug-likeness (QED) is 0.827. The van der Waals surface area contributed by atoms with Gasteiger partial charge in [-0.05, 0) is 30.4 Å². The van der Waals surface area contributed by atoms with Gasteiger partial charge in [0.15, 0.2) is 5.65 Å². The van der Waals surface area contributed by atoms with Crippen LogP contribution in [0.5, 0.6) is 0 Å². The summed E-state index contributed by atoms with van der Waals surface area (Å²) in [7, 11) is 0. The molecule has 1 saturated carbocycles. The number of rotatable bonds is 2. The van der Waals surface area contributed by atoms with E-state index < -0.39 is 0 Å². The van der Waals surface area contributed by atoms with E-state index >= 15 is 0 Å². The number of nitrogens with zero attached hydrogens (tertiary/aromatic N) is 2. The maximum atomic E-state index is 12.1. The van der Waals surface area contributed by atoms with Crippen LogP contribution in [0.15, 0.2) is 16.9 Å². The van der Waals surface area contributed by atoms with Gasteiger partial charge in [0.1, 0.15) is 5.82 Å². The number of aromatic nitrogens is 3. The Labute approximate surface area is 104 Å². The second-order valence-corrected chi connectivity index (χ2v) is 5.41. The van der Waals surface area contributed by atoms with Gasteiger partial charge in [-0.15, -0.1) is 0 Å². The Kier molecular flexibility index (Phi) is 2.11. The van der Waals surface area contributed by atoms with Crippen molar-refractivity contribution in [2.75, 3.05) is 13.1 Å². The smallest absolute Gasteiger partial charge is 0.271 e. The first-order valence-corrected chi connectivity index (χ1v) is 6.64. The molecular weight excluding hydrogens is 228 g/mol. The van der Waals surface area contributed by atoms with Gasteiger partial charge < -0.3 is 5.32 Å². The van der Waals surface area contributed by atoms with Gasteiger partial charge in [0.2, 0.25) is 0 Å². The molecule has 0 amide bonds. The molecule has 5 nitrogen and oxygen atoms in total. The SMILES string of the molecule is O=c1cc(C2CCC2)cc2nc(C3CNC3)[nH]n12. The summed E-state index contributed by atoms with van der Waals surface area (Å²) in [6.07, 6.45) is 3.70. The lowest BCUT2D eigenvalue weighted by Crippen LogP contribution is -2.40. The Balaban J connectivity index is 1.81. The fourth-order valence-electron chi connectivity index (χ4n) is 2.67. The summed E-state index contributed by atoms with van der Waals surface area (Å²) in [6, 6.07) is 3.83. The Hall–Kier alpha value is -1.62. The largest absolute Gasteiger partial charge is 0.315 e. The molecule has 0 atom stereocenters. The molecule has 0 spiro atoms. The molecule has 4 rings (SSSR count). The number of hydrogen-bond acceptors (Lipinski definition) is 3. The minimum absolute atomic E-state index is 0.0143. The fraction of sp³-hybridized carbons (Fsp3) is 0.538. The predicted molar refractivity (Wildman–Crippen MR) is 68.0 cm³/mol. The molecular formula is C13H16N4O. The van der Waals surface area contributed by atoms with Crippen molar-refractivity contribution in [2.45, 2.75) is 31.1 Å². The van der Waals surface area contributed by atoms with Crippen molar-refractivity contribution in [3.63, 3.8) is 0 Å². The minimum Gasteiger partial charge on any atom is -0.315 e. The standard InChI is InChI=1S/C13H16N4O/c18-12-5-9(8-2-1-3-8)4-11-15-13(16-17(11)12)10-6-14-7-10/h4-5,8,10,14H,1-3,6-7H2,(H,15,16). The molecule has 1 aliphatic heterocycles. The van der Waals surface area contributed by atoms with Crippen molar-refractivity contribution in [3.8, 4) is 0 Å². The van der Waals surface area contributed by atoms with Crippen LogP contribution in [0.3, 0.4) is 0 Å². The molecule has 2 aliphatic rings. The molecule has 1 saturated heterocycles. The number of pyridine rings is 1. The van der Waals surface area contributed by atoms with Crippen molar-refractivity contribution in [2.24, 2.45) is 0 Å². The Morgan fingerprint density at radius 2 is 2.06 bits per heavy atom. The van der Waals surface area contributed by atoms with Crippen molar-refractivity contribution < 1.29 is 0 Å². The summed E-state index contributed by atoms with van der Waals surface area (Å²) in [5.41, 5.74) is 1.95. The lowest BCUT2D eigenvalue weighted by atomic mass is 9.80. The van der Waals surface area contributed by atoms with Crippen LogP contribution in [-0.2, 0) is 0 Å². The zero-order chi connectivity index (χ0) is 12.1. The average molecular weight is 244 g/mol. The number of hydrogen-bond donors (Lipinski definition) is 2. The van der Waals surface area contributed by atoms with Gasteiger partial charge in [0, 0.05) is 25.1 Å². The van der Waals surface area contributed by atoms with Crippen LogP contribution in [0.1, 0.15) is 42.5 Å². The number of aromatic amines is 1. The number of H-pyrrole nitrogens is 1. The van der Waals surface area contributed by atoms with E-state index in [9.17, 15) is 4.79 Å². The summed E-state index contributed by atoms with van der Waals surface area (Å²) in [6.45, 7) is 1.90. The van der Waals surface area contributed by atoms with E-state index in [0.29, 0.717) is 11.8 Å². The van der Waals surface area contributed by atoms with E-state index in [0.717, 1.165) is 30.1 Å². The lowest BCUT2D eigenvalue weighted by Gasteiger charge is -2.25. The summed E-state index contributed by atoms with van der Waals surface area (Å²) < 4.78 is 1.57. The van der Waals surface area contributed by atoms with Gasteiger partial charge in [0.05, 0.1) is 0 Å². The highest BCUT2D eigenvalue weighted by atomic mass is 16.1. The van der Waals surface area contributed by atoms with Crippen molar-refractivity contribution in [3.05, 3.63) is 33.9 Å². The van der Waals surface area contributed by atoms with E-state index in [1.165, 1.54) is 19.3 Å². The molecule has 2 fully saturated rings. The van der Waals surface area contributed by atoms with Gasteiger partial charge in [-0.25, -0.2) is 9.50 Å². The molecule has 0 unspecified atom stereocenters. The maximum absolute atomic E-state index is 12.1. The monoisotopic (exact) mass is 244 g/mol. The second kappa shape index (κ2) is 3.68. The third-order valence-electron chi connectivity index (χ3n) is 4.24. The van der Waals surface area contributed by atoms with E-state index in [-0.39, 0.29) is 5.56 Å². The summed E-state index contributed by atoms with van der Waals surface area (Å²) in [5.74, 6) is 1.93. The molecule has 2 N–H and O–H groups in total. The molecule has 0 radical (unpaired) electrons. The van der Waals surface area contributed by atoms with Crippen molar-refractivity contribution in [1.29, 1.82) is 0 Å². The minimum atomic E-state index is 0.0143. The zero-order valence-electron chi connectivity index (χ0n) is 10.1. The molecule has 2 aromatic rings. The second-order valence-electron chi connectivity index (χ2n) is 5.41. The molecule has 2 aromatic heterocycles. The first-order valence-electron chi connectivity index (χ1n) is 6.64. The summed E-state index contributed by atoms with van der Waals surface area (Å²) in [5, 5.41) is 6.34. The Morgan fingerprint density at radius 1 is 1.22 bits per heavy atom. The van der Waals surface area contributed by atoms with Gasteiger partial charge in [-0.1, -0.05) is 6.42 Å². The van der Waals surface area contributed by atoms with E-state index in [2.05, 4.69) is 21.5 Å². The van der Waals surface area contributed by atoms with Crippen molar-refractivity contribution in [1.82, 2.24) is 19.9 Å². The van der Waals surface area contributed by atoms with Gasteiger partial charge in [-0.2, -0.15) is 0 Å². The van der Waals surface area contributed by atoms with Crippen LogP contribution in [0, 0.1) is 0 Å². The molecule has 94 valence electrons. The average Bonchev–Trinajstić information content (AvgIpc) is 2.56. The van der Waals surface area contributed by atoms with Crippen LogP contribution < -0.4 is 10.9 Å². The zero-order valence-corrected chi connectivity index (χ0v) is 10.1. The predicted octanol–water partition coefficient (Wildman–Crippen LogP) is 0.977. The molecule has 3 heterocycles. The number of nitrogens with one attached hydrogen (secondary N) is 2. The van der Waals surface area contributed by atoms with Crippen molar-refractivity contribution >= 4 is 5.65 Å². The maximum Gasteiger partial charge on any atom is 0.271 e. The van der Waals surface area contributed by atoms with Gasteiger partial charge >= 0.3 is 0 Å². The van der Waals surface area contributed by atoms with Crippen LogP contribution in [0.2, 0.25) is 0 Å². The third kappa shape index (κ3) is 1.43. The number of fused-ring (bicyclic) bond motifs is 1. The fourth-order valence-corrected chi connectivity index (χ4v) is 2.67. The normalized spacial score (nSPS) is 20.9. The van der Waals surface area contributed by atoms with Gasteiger partial charge in [0.25, 0.3) is 5.56 Å². The topological polar surface area (TPSA) is 62.2 Å². The first kappa shape index (κ1) is 10.3. The van der Waals surface area contributed by atoms with Crippen LogP contribution in [0.4, 0.5) is 0 Å². The van der Waals surface area contributed by atoms with Crippen LogP contribution in [-0.4, -0.2) is 27.7 Å². The molecule has 0 aromatic carbocycles.